The Kier molecular flexibility index (Phi) is 3.28. The smallest absolute Gasteiger partial charge is 0.273 e. The van der Waals surface area contributed by atoms with Crippen molar-refractivity contribution in [3.05, 3.63) is 17.8 Å². The van der Waals surface area contributed by atoms with Gasteiger partial charge in [-0.2, -0.15) is 0 Å². The van der Waals surface area contributed by atoms with Crippen molar-refractivity contribution in [3.8, 4) is 0 Å². The van der Waals surface area contributed by atoms with Crippen LogP contribution in [0.2, 0.25) is 0 Å². The fourth-order valence-electron chi connectivity index (χ4n) is 2.53. The van der Waals surface area contributed by atoms with Crippen LogP contribution >= 0.6 is 0 Å². The minimum absolute atomic E-state index is 0.171. The first-order chi connectivity index (χ1) is 9.18. The summed E-state index contributed by atoms with van der Waals surface area (Å²) in [5.41, 5.74) is -0.460. The Morgan fingerprint density at radius 3 is 3.00 bits per heavy atom. The summed E-state index contributed by atoms with van der Waals surface area (Å²) in [6.45, 7) is 0.954. The molecule has 1 atom stereocenters. The van der Waals surface area contributed by atoms with Crippen molar-refractivity contribution in [2.24, 2.45) is 0 Å². The van der Waals surface area contributed by atoms with E-state index in [4.69, 9.17) is 9.15 Å². The lowest BCUT2D eigenvalue weighted by molar-refractivity contribution is -0.0301. The number of carbonyl (C=O) groups excluding carboxylic acids is 1. The Balaban J connectivity index is 1.64. The quantitative estimate of drug-likeness (QED) is 0.854. The predicted molar refractivity (Wildman–Crippen MR) is 65.6 cm³/mol. The molecule has 1 saturated carbocycles. The summed E-state index contributed by atoms with van der Waals surface area (Å²) in [7, 11) is 0. The molecule has 1 amide bonds. The summed E-state index contributed by atoms with van der Waals surface area (Å²) in [4.78, 5) is 16.0. The third-order valence-corrected chi connectivity index (χ3v) is 3.89. The Labute approximate surface area is 111 Å². The van der Waals surface area contributed by atoms with Crippen LogP contribution in [0.5, 0.6) is 0 Å². The van der Waals surface area contributed by atoms with E-state index in [9.17, 15) is 9.90 Å². The molecular weight excluding hydrogens is 248 g/mol. The van der Waals surface area contributed by atoms with Gasteiger partial charge in [0, 0.05) is 13.2 Å². The Morgan fingerprint density at radius 2 is 2.37 bits per heavy atom. The molecule has 6 heteroatoms. The second-order valence-corrected chi connectivity index (χ2v) is 5.33. The van der Waals surface area contributed by atoms with E-state index in [0.717, 1.165) is 32.1 Å². The zero-order chi connectivity index (χ0) is 13.3. The zero-order valence-corrected chi connectivity index (χ0v) is 10.7. The van der Waals surface area contributed by atoms with Gasteiger partial charge in [-0.05, 0) is 32.1 Å². The van der Waals surface area contributed by atoms with Gasteiger partial charge in [0.1, 0.15) is 6.10 Å². The number of rotatable bonds is 4. The average molecular weight is 266 g/mol. The van der Waals surface area contributed by atoms with Crippen molar-refractivity contribution in [2.75, 3.05) is 13.2 Å². The molecule has 1 aromatic heterocycles. The van der Waals surface area contributed by atoms with E-state index in [1.165, 1.54) is 6.39 Å². The van der Waals surface area contributed by atoms with Gasteiger partial charge in [0.05, 0.1) is 5.60 Å². The van der Waals surface area contributed by atoms with E-state index in [0.29, 0.717) is 12.4 Å². The number of nitrogens with zero attached hydrogens (tertiary/aromatic N) is 1. The third kappa shape index (κ3) is 2.50. The summed E-state index contributed by atoms with van der Waals surface area (Å²) in [6, 6.07) is 0. The van der Waals surface area contributed by atoms with Crippen molar-refractivity contribution in [1.82, 2.24) is 10.3 Å². The molecule has 2 heterocycles. The highest BCUT2D eigenvalue weighted by Gasteiger charge is 2.35. The van der Waals surface area contributed by atoms with Gasteiger partial charge in [-0.25, -0.2) is 4.98 Å². The molecule has 1 aliphatic heterocycles. The number of nitrogens with one attached hydrogen (secondary N) is 1. The lowest BCUT2D eigenvalue weighted by atomic mass is 9.80. The van der Waals surface area contributed by atoms with Gasteiger partial charge in [-0.1, -0.05) is 0 Å². The maximum atomic E-state index is 12.1. The summed E-state index contributed by atoms with van der Waals surface area (Å²) in [5.74, 6) is 0.190. The van der Waals surface area contributed by atoms with Gasteiger partial charge in [0.2, 0.25) is 0 Å². The van der Waals surface area contributed by atoms with Crippen molar-refractivity contribution in [1.29, 1.82) is 0 Å². The van der Waals surface area contributed by atoms with Crippen LogP contribution in [0.15, 0.2) is 10.8 Å². The van der Waals surface area contributed by atoms with Crippen LogP contribution in [0.4, 0.5) is 0 Å². The van der Waals surface area contributed by atoms with E-state index >= 15 is 0 Å². The van der Waals surface area contributed by atoms with Gasteiger partial charge in [-0.15, -0.1) is 0 Å². The first-order valence-electron chi connectivity index (χ1n) is 6.73. The molecule has 19 heavy (non-hydrogen) atoms. The van der Waals surface area contributed by atoms with Crippen LogP contribution < -0.4 is 5.32 Å². The van der Waals surface area contributed by atoms with Crippen LogP contribution in [0.3, 0.4) is 0 Å². The highest BCUT2D eigenvalue weighted by molar-refractivity contribution is 5.93. The summed E-state index contributed by atoms with van der Waals surface area (Å²) in [5, 5.41) is 12.7. The molecule has 0 bridgehead atoms. The number of amides is 1. The molecule has 104 valence electrons. The molecule has 2 fully saturated rings. The molecule has 1 unspecified atom stereocenters. The molecule has 1 saturated heterocycles. The minimum Gasteiger partial charge on any atom is -0.445 e. The first-order valence-corrected chi connectivity index (χ1v) is 6.73. The molecular formula is C13H18N2O4. The van der Waals surface area contributed by atoms with E-state index in [1.807, 2.05) is 0 Å². The normalized spacial score (nSPS) is 25.0. The number of hydrogen-bond donors (Lipinski definition) is 2. The Morgan fingerprint density at radius 1 is 1.53 bits per heavy atom. The van der Waals surface area contributed by atoms with Crippen LogP contribution in [-0.2, 0) is 4.74 Å². The zero-order valence-electron chi connectivity index (χ0n) is 10.7. The van der Waals surface area contributed by atoms with Crippen molar-refractivity contribution >= 4 is 5.91 Å². The molecule has 1 aliphatic carbocycles. The van der Waals surface area contributed by atoms with Crippen LogP contribution in [0.25, 0.3) is 0 Å². The highest BCUT2D eigenvalue weighted by Crippen LogP contribution is 2.32. The standard InChI is InChI=1S/C13H18N2O4/c16-12(14-7-13(17)4-2-5-13)10-11(19-8-15-10)9-3-1-6-18-9/h8-9,17H,1-7H2,(H,14,16). The van der Waals surface area contributed by atoms with Gasteiger partial charge in [0.15, 0.2) is 17.8 Å². The second kappa shape index (κ2) is 4.94. The second-order valence-electron chi connectivity index (χ2n) is 5.33. The predicted octanol–water partition coefficient (Wildman–Crippen LogP) is 1.17. The monoisotopic (exact) mass is 266 g/mol. The topological polar surface area (TPSA) is 84.6 Å². The number of aliphatic hydroxyl groups is 1. The molecule has 2 N–H and O–H groups in total. The van der Waals surface area contributed by atoms with Crippen LogP contribution in [0, 0.1) is 0 Å². The SMILES string of the molecule is O=C(NCC1(O)CCC1)c1ncoc1C1CCCO1. The number of hydrogen-bond acceptors (Lipinski definition) is 5. The average Bonchev–Trinajstić information content (AvgIpc) is 3.02. The molecule has 0 radical (unpaired) electrons. The number of oxazole rings is 1. The summed E-state index contributed by atoms with van der Waals surface area (Å²) < 4.78 is 10.8. The van der Waals surface area contributed by atoms with Crippen molar-refractivity contribution in [2.45, 2.75) is 43.8 Å². The maximum absolute atomic E-state index is 12.1. The number of carbonyl (C=O) groups is 1. The van der Waals surface area contributed by atoms with Crippen molar-refractivity contribution < 1.29 is 19.1 Å². The molecule has 0 spiro atoms. The van der Waals surface area contributed by atoms with E-state index in [1.54, 1.807) is 0 Å². The highest BCUT2D eigenvalue weighted by atomic mass is 16.5. The van der Waals surface area contributed by atoms with E-state index in [2.05, 4.69) is 10.3 Å². The van der Waals surface area contributed by atoms with Gasteiger partial charge >= 0.3 is 0 Å². The molecule has 6 nitrogen and oxygen atoms in total. The summed E-state index contributed by atoms with van der Waals surface area (Å²) >= 11 is 0. The third-order valence-electron chi connectivity index (χ3n) is 3.89. The van der Waals surface area contributed by atoms with Crippen molar-refractivity contribution in [3.63, 3.8) is 0 Å². The number of aromatic nitrogens is 1. The molecule has 0 aromatic carbocycles. The Bertz CT molecular complexity index is 461. The largest absolute Gasteiger partial charge is 0.445 e. The van der Waals surface area contributed by atoms with Crippen LogP contribution in [-0.4, -0.2) is 34.8 Å². The fourth-order valence-corrected chi connectivity index (χ4v) is 2.53. The van der Waals surface area contributed by atoms with Crippen LogP contribution in [0.1, 0.15) is 54.5 Å². The first kappa shape index (κ1) is 12.6. The number of ether oxygens (including phenoxy) is 1. The lowest BCUT2D eigenvalue weighted by Crippen LogP contribution is -2.48. The Hall–Kier alpha value is -1.40. The summed E-state index contributed by atoms with van der Waals surface area (Å²) in [6.07, 6.45) is 5.40. The fraction of sp³-hybridized carbons (Fsp3) is 0.692. The van der Waals surface area contributed by atoms with Gasteiger partial charge in [0.25, 0.3) is 5.91 Å². The maximum Gasteiger partial charge on any atom is 0.273 e. The molecule has 1 aromatic rings. The minimum atomic E-state index is -0.733. The lowest BCUT2D eigenvalue weighted by Gasteiger charge is -2.36. The molecule has 2 aliphatic rings. The van der Waals surface area contributed by atoms with E-state index < -0.39 is 5.60 Å². The van der Waals surface area contributed by atoms with Gasteiger partial charge < -0.3 is 19.6 Å². The molecule has 3 rings (SSSR count). The van der Waals surface area contributed by atoms with E-state index in [-0.39, 0.29) is 24.2 Å². The van der Waals surface area contributed by atoms with Gasteiger partial charge in [-0.3, -0.25) is 4.79 Å².